The van der Waals surface area contributed by atoms with Crippen LogP contribution in [0.5, 0.6) is 0 Å². The number of thioether (sulfide) groups is 1. The van der Waals surface area contributed by atoms with E-state index in [9.17, 15) is 14.9 Å². The molecule has 0 aliphatic carbocycles. The van der Waals surface area contributed by atoms with Crippen molar-refractivity contribution in [2.75, 3.05) is 11.1 Å². The number of carbonyl (C=O) groups excluding carboxylic acids is 2. The van der Waals surface area contributed by atoms with Crippen LogP contribution in [-0.2, 0) is 9.59 Å². The van der Waals surface area contributed by atoms with Gasteiger partial charge in [0, 0.05) is 27.0 Å². The summed E-state index contributed by atoms with van der Waals surface area (Å²) in [5.74, 6) is -1.63. The van der Waals surface area contributed by atoms with E-state index in [1.165, 1.54) is 0 Å². The highest BCUT2D eigenvalue weighted by atomic mass is 35.5. The first kappa shape index (κ1) is 22.8. The maximum atomic E-state index is 13.3. The molecule has 1 aliphatic heterocycles. The molecular weight excluding hydrogens is 455 g/mol. The number of nitrogens with zero attached hydrogens (tertiary/aromatic N) is 1. The number of primary amides is 1. The molecule has 1 aliphatic rings. The van der Waals surface area contributed by atoms with Gasteiger partial charge < -0.3 is 16.4 Å². The molecular formula is C22H18Cl2N4O2S. The molecule has 2 aromatic rings. The van der Waals surface area contributed by atoms with Gasteiger partial charge in [0.15, 0.2) is 0 Å². The largest absolute Gasteiger partial charge is 0.369 e. The van der Waals surface area contributed by atoms with Crippen molar-refractivity contribution in [2.24, 2.45) is 5.73 Å². The average molecular weight is 473 g/mol. The molecule has 0 saturated heterocycles. The predicted octanol–water partition coefficient (Wildman–Crippen LogP) is 4.55. The highest BCUT2D eigenvalue weighted by Gasteiger charge is 2.35. The lowest BCUT2D eigenvalue weighted by Crippen LogP contribution is -2.31. The first-order chi connectivity index (χ1) is 14.8. The Morgan fingerprint density at radius 2 is 1.87 bits per heavy atom. The second-order valence-corrected chi connectivity index (χ2v) is 8.52. The van der Waals surface area contributed by atoms with E-state index < -0.39 is 11.8 Å². The summed E-state index contributed by atoms with van der Waals surface area (Å²) in [6, 6.07) is 15.9. The summed E-state index contributed by atoms with van der Waals surface area (Å²) < 4.78 is 0. The Hall–Kier alpha value is -2.92. The second kappa shape index (κ2) is 9.92. The summed E-state index contributed by atoms with van der Waals surface area (Å²) in [4.78, 5) is 24.6. The standard InChI is InChI=1S/C22H18Cl2N4O2S/c1-12-19(21(30)28-14-8-6-13(23)7-9-14)20(15-4-2-3-5-17(15)24)16(10-25)22(27-12)31-11-18(26)29/h2-9,20,27H,11H2,1H3,(H2,26,29)(H,28,30)/t20-/m0/s1. The molecule has 2 aromatic carbocycles. The van der Waals surface area contributed by atoms with Gasteiger partial charge in [-0.1, -0.05) is 53.2 Å². The Balaban J connectivity index is 2.07. The van der Waals surface area contributed by atoms with Crippen LogP contribution in [0.15, 0.2) is 70.4 Å². The predicted molar refractivity (Wildman–Crippen MR) is 124 cm³/mol. The van der Waals surface area contributed by atoms with Gasteiger partial charge in [-0.05, 0) is 42.8 Å². The highest BCUT2D eigenvalue weighted by Crippen LogP contribution is 2.43. The molecule has 4 N–H and O–H groups in total. The second-order valence-electron chi connectivity index (χ2n) is 6.69. The molecule has 31 heavy (non-hydrogen) atoms. The van der Waals surface area contributed by atoms with Gasteiger partial charge in [0.05, 0.1) is 28.3 Å². The number of rotatable bonds is 6. The summed E-state index contributed by atoms with van der Waals surface area (Å²) in [5, 5.41) is 17.3. The first-order valence-corrected chi connectivity index (χ1v) is 10.9. The highest BCUT2D eigenvalue weighted by molar-refractivity contribution is 8.03. The zero-order valence-corrected chi connectivity index (χ0v) is 18.7. The lowest BCUT2D eigenvalue weighted by atomic mass is 9.82. The van der Waals surface area contributed by atoms with Crippen LogP contribution in [-0.4, -0.2) is 17.6 Å². The third-order valence-corrected chi connectivity index (χ3v) is 6.20. The minimum absolute atomic E-state index is 0.0116. The zero-order chi connectivity index (χ0) is 22.5. The summed E-state index contributed by atoms with van der Waals surface area (Å²) in [6.45, 7) is 1.74. The van der Waals surface area contributed by atoms with Crippen LogP contribution in [0.4, 0.5) is 5.69 Å². The van der Waals surface area contributed by atoms with Crippen molar-refractivity contribution >= 4 is 52.5 Å². The average Bonchev–Trinajstić information content (AvgIpc) is 2.73. The van der Waals surface area contributed by atoms with Crippen molar-refractivity contribution in [3.05, 3.63) is 86.0 Å². The van der Waals surface area contributed by atoms with Gasteiger partial charge in [0.25, 0.3) is 5.91 Å². The fourth-order valence-electron chi connectivity index (χ4n) is 3.22. The van der Waals surface area contributed by atoms with Crippen LogP contribution in [0, 0.1) is 11.3 Å². The van der Waals surface area contributed by atoms with E-state index in [2.05, 4.69) is 16.7 Å². The van der Waals surface area contributed by atoms with Gasteiger partial charge in [-0.2, -0.15) is 5.26 Å². The summed E-state index contributed by atoms with van der Waals surface area (Å²) in [7, 11) is 0. The van der Waals surface area contributed by atoms with Crippen LogP contribution in [0.1, 0.15) is 18.4 Å². The smallest absolute Gasteiger partial charge is 0.254 e. The SMILES string of the molecule is CC1=C(C(=O)Nc2ccc(Cl)cc2)[C@@H](c2ccccc2Cl)C(C#N)=C(SCC(N)=O)N1. The molecule has 0 spiro atoms. The molecule has 1 atom stereocenters. The van der Waals surface area contributed by atoms with Crippen molar-refractivity contribution in [3.8, 4) is 6.07 Å². The van der Waals surface area contributed by atoms with Crippen LogP contribution in [0.2, 0.25) is 10.0 Å². The lowest BCUT2D eigenvalue weighted by Gasteiger charge is -2.30. The summed E-state index contributed by atoms with van der Waals surface area (Å²) in [5.41, 5.74) is 7.62. The zero-order valence-electron chi connectivity index (χ0n) is 16.4. The number of allylic oxidation sites excluding steroid dienone is 2. The Labute approximate surface area is 194 Å². The first-order valence-electron chi connectivity index (χ1n) is 9.16. The van der Waals surface area contributed by atoms with Gasteiger partial charge in [0.2, 0.25) is 5.91 Å². The summed E-state index contributed by atoms with van der Waals surface area (Å²) >= 11 is 13.5. The van der Waals surface area contributed by atoms with Crippen molar-refractivity contribution in [1.82, 2.24) is 5.32 Å². The summed E-state index contributed by atoms with van der Waals surface area (Å²) in [6.07, 6.45) is 0. The van der Waals surface area contributed by atoms with Crippen molar-refractivity contribution in [1.29, 1.82) is 5.26 Å². The third-order valence-electron chi connectivity index (χ3n) is 4.57. The minimum atomic E-state index is -0.720. The number of halogens is 2. The Kier molecular flexibility index (Phi) is 7.29. The normalized spacial score (nSPS) is 15.9. The minimum Gasteiger partial charge on any atom is -0.369 e. The number of hydrogen-bond donors (Lipinski definition) is 3. The molecule has 3 rings (SSSR count). The number of benzene rings is 2. The van der Waals surface area contributed by atoms with Crippen molar-refractivity contribution in [2.45, 2.75) is 12.8 Å². The Bertz CT molecular complexity index is 1140. The maximum absolute atomic E-state index is 13.3. The molecule has 6 nitrogen and oxygen atoms in total. The topological polar surface area (TPSA) is 108 Å². The van der Waals surface area contributed by atoms with Gasteiger partial charge in [-0.25, -0.2) is 0 Å². The van der Waals surface area contributed by atoms with E-state index in [4.69, 9.17) is 28.9 Å². The van der Waals surface area contributed by atoms with Gasteiger partial charge in [-0.3, -0.25) is 9.59 Å². The van der Waals surface area contributed by atoms with Crippen LogP contribution >= 0.6 is 35.0 Å². The number of dihydropyridines is 1. The van der Waals surface area contributed by atoms with Crippen LogP contribution in [0.3, 0.4) is 0 Å². The molecule has 0 aromatic heterocycles. The van der Waals surface area contributed by atoms with Gasteiger partial charge in [0.1, 0.15) is 0 Å². The molecule has 2 amide bonds. The lowest BCUT2D eigenvalue weighted by molar-refractivity contribution is -0.115. The van der Waals surface area contributed by atoms with E-state index in [1.807, 2.05) is 0 Å². The number of carbonyl (C=O) groups is 2. The van der Waals surface area contributed by atoms with E-state index >= 15 is 0 Å². The molecule has 0 radical (unpaired) electrons. The van der Waals surface area contributed by atoms with E-state index in [0.717, 1.165) is 11.8 Å². The van der Waals surface area contributed by atoms with Crippen molar-refractivity contribution < 1.29 is 9.59 Å². The molecule has 158 valence electrons. The number of anilines is 1. The van der Waals surface area contributed by atoms with E-state index in [1.54, 1.807) is 55.5 Å². The Morgan fingerprint density at radius 1 is 1.19 bits per heavy atom. The maximum Gasteiger partial charge on any atom is 0.254 e. The van der Waals surface area contributed by atoms with Crippen LogP contribution in [0.25, 0.3) is 0 Å². The van der Waals surface area contributed by atoms with Crippen molar-refractivity contribution in [3.63, 3.8) is 0 Å². The van der Waals surface area contributed by atoms with Crippen LogP contribution < -0.4 is 16.4 Å². The molecule has 0 unspecified atom stereocenters. The number of nitrogens with one attached hydrogen (secondary N) is 2. The fraction of sp³-hybridized carbons (Fsp3) is 0.136. The van der Waals surface area contributed by atoms with E-state index in [-0.39, 0.29) is 17.2 Å². The number of nitrogens with two attached hydrogens (primary N) is 1. The van der Waals surface area contributed by atoms with Gasteiger partial charge in [-0.15, -0.1) is 0 Å². The number of nitriles is 1. The monoisotopic (exact) mass is 472 g/mol. The molecule has 0 saturated carbocycles. The number of amides is 2. The molecule has 0 fully saturated rings. The Morgan fingerprint density at radius 3 is 2.48 bits per heavy atom. The molecule has 9 heteroatoms. The van der Waals surface area contributed by atoms with E-state index in [0.29, 0.717) is 37.6 Å². The number of hydrogen-bond acceptors (Lipinski definition) is 5. The third kappa shape index (κ3) is 5.23. The fourth-order valence-corrected chi connectivity index (χ4v) is 4.42. The molecule has 1 heterocycles. The molecule has 0 bridgehead atoms. The van der Waals surface area contributed by atoms with Gasteiger partial charge >= 0.3 is 0 Å². The quantitative estimate of drug-likeness (QED) is 0.571.